The molecule has 3 rings (SSSR count). The highest BCUT2D eigenvalue weighted by molar-refractivity contribution is 7.13. The van der Waals surface area contributed by atoms with Gasteiger partial charge in [-0.25, -0.2) is 0 Å². The van der Waals surface area contributed by atoms with Crippen LogP contribution in [0.3, 0.4) is 0 Å². The summed E-state index contributed by atoms with van der Waals surface area (Å²) in [6.45, 7) is 0. The van der Waals surface area contributed by atoms with E-state index in [1.165, 1.54) is 0 Å². The number of rotatable bonds is 3. The maximum atomic E-state index is 6.19. The van der Waals surface area contributed by atoms with Crippen LogP contribution >= 0.6 is 22.9 Å². The highest BCUT2D eigenvalue weighted by Crippen LogP contribution is 2.41. The van der Waals surface area contributed by atoms with Crippen LogP contribution < -0.4 is 10.5 Å². The van der Waals surface area contributed by atoms with Crippen molar-refractivity contribution < 1.29 is 4.74 Å². The molecule has 0 amide bonds. The van der Waals surface area contributed by atoms with Crippen molar-refractivity contribution >= 4 is 28.8 Å². The minimum atomic E-state index is 0.622. The van der Waals surface area contributed by atoms with Gasteiger partial charge in [-0.1, -0.05) is 17.7 Å². The number of aromatic nitrogens is 2. The molecule has 0 fully saturated rings. The van der Waals surface area contributed by atoms with Crippen LogP contribution in [0, 0.1) is 0 Å². The molecule has 0 spiro atoms. The zero-order valence-electron chi connectivity index (χ0n) is 11.6. The third-order valence-corrected chi connectivity index (χ3v) is 4.40. The molecule has 4 nitrogen and oxygen atoms in total. The molecule has 2 aromatic heterocycles. The molecule has 1 aromatic carbocycles. The number of anilines is 1. The third-order valence-electron chi connectivity index (χ3n) is 3.28. The monoisotopic (exact) mass is 319 g/mol. The van der Waals surface area contributed by atoms with Gasteiger partial charge in [-0.3, -0.25) is 4.68 Å². The molecule has 2 heterocycles. The SMILES string of the molecule is COc1cc(Cl)ccc1-c1nn(C)c(N)c1-c1cccs1. The van der Waals surface area contributed by atoms with E-state index in [0.29, 0.717) is 16.6 Å². The van der Waals surface area contributed by atoms with E-state index in [9.17, 15) is 0 Å². The molecule has 21 heavy (non-hydrogen) atoms. The zero-order chi connectivity index (χ0) is 15.0. The molecule has 0 unspecified atom stereocenters. The van der Waals surface area contributed by atoms with Crippen molar-refractivity contribution in [1.82, 2.24) is 9.78 Å². The fourth-order valence-electron chi connectivity index (χ4n) is 2.25. The Balaban J connectivity index is 2.27. The van der Waals surface area contributed by atoms with Crippen LogP contribution in [-0.2, 0) is 7.05 Å². The minimum absolute atomic E-state index is 0.622. The van der Waals surface area contributed by atoms with Gasteiger partial charge in [0.15, 0.2) is 0 Å². The van der Waals surface area contributed by atoms with Crippen LogP contribution in [0.25, 0.3) is 21.7 Å². The Bertz CT molecular complexity index is 781. The Hall–Kier alpha value is -1.98. The van der Waals surface area contributed by atoms with Crippen LogP contribution in [0.2, 0.25) is 5.02 Å². The minimum Gasteiger partial charge on any atom is -0.496 e. The predicted molar refractivity (Wildman–Crippen MR) is 87.9 cm³/mol. The molecule has 0 aliphatic heterocycles. The van der Waals surface area contributed by atoms with E-state index in [0.717, 1.165) is 21.7 Å². The topological polar surface area (TPSA) is 53.1 Å². The number of ether oxygens (including phenoxy) is 1. The van der Waals surface area contributed by atoms with Gasteiger partial charge in [0.05, 0.1) is 12.7 Å². The average Bonchev–Trinajstić information content (AvgIpc) is 3.08. The molecule has 6 heteroatoms. The second-order valence-corrected chi connectivity index (χ2v) is 5.94. The lowest BCUT2D eigenvalue weighted by molar-refractivity contribution is 0.416. The van der Waals surface area contributed by atoms with Crippen molar-refractivity contribution in [3.05, 3.63) is 40.7 Å². The lowest BCUT2D eigenvalue weighted by atomic mass is 10.1. The molecule has 0 aliphatic carbocycles. The van der Waals surface area contributed by atoms with E-state index in [-0.39, 0.29) is 0 Å². The number of benzene rings is 1. The van der Waals surface area contributed by atoms with Crippen molar-refractivity contribution in [2.24, 2.45) is 7.05 Å². The van der Waals surface area contributed by atoms with Gasteiger partial charge >= 0.3 is 0 Å². The lowest BCUT2D eigenvalue weighted by Gasteiger charge is -2.08. The highest BCUT2D eigenvalue weighted by atomic mass is 35.5. The van der Waals surface area contributed by atoms with Crippen LogP contribution in [0.5, 0.6) is 5.75 Å². The lowest BCUT2D eigenvalue weighted by Crippen LogP contribution is -1.97. The Morgan fingerprint density at radius 2 is 2.14 bits per heavy atom. The standard InChI is InChI=1S/C15H14ClN3OS/c1-19-15(17)13(12-4-3-7-21-12)14(18-19)10-6-5-9(16)8-11(10)20-2/h3-8H,17H2,1-2H3. The first-order valence-electron chi connectivity index (χ1n) is 6.32. The highest BCUT2D eigenvalue weighted by Gasteiger charge is 2.20. The summed E-state index contributed by atoms with van der Waals surface area (Å²) in [5, 5.41) is 7.19. The van der Waals surface area contributed by atoms with Gasteiger partial charge in [0, 0.05) is 22.5 Å². The number of aryl methyl sites for hydroxylation is 1. The molecular weight excluding hydrogens is 306 g/mol. The summed E-state index contributed by atoms with van der Waals surface area (Å²) in [5.41, 5.74) is 8.79. The number of thiophene rings is 1. The molecule has 0 atom stereocenters. The van der Waals surface area contributed by atoms with Crippen molar-refractivity contribution in [2.45, 2.75) is 0 Å². The summed E-state index contributed by atoms with van der Waals surface area (Å²) in [6.07, 6.45) is 0. The number of hydrogen-bond donors (Lipinski definition) is 1. The number of halogens is 1. The Morgan fingerprint density at radius 3 is 2.81 bits per heavy atom. The second-order valence-electron chi connectivity index (χ2n) is 4.55. The van der Waals surface area contributed by atoms with E-state index < -0.39 is 0 Å². The largest absolute Gasteiger partial charge is 0.496 e. The normalized spacial score (nSPS) is 10.8. The first-order valence-corrected chi connectivity index (χ1v) is 7.58. The Kier molecular flexibility index (Phi) is 3.61. The van der Waals surface area contributed by atoms with Crippen LogP contribution in [0.15, 0.2) is 35.7 Å². The van der Waals surface area contributed by atoms with Gasteiger partial charge in [0.1, 0.15) is 17.3 Å². The van der Waals surface area contributed by atoms with E-state index >= 15 is 0 Å². The summed E-state index contributed by atoms with van der Waals surface area (Å²) in [4.78, 5) is 1.08. The summed E-state index contributed by atoms with van der Waals surface area (Å²) < 4.78 is 7.11. The molecule has 0 saturated heterocycles. The van der Waals surface area contributed by atoms with Gasteiger partial charge in [0.25, 0.3) is 0 Å². The molecule has 0 bridgehead atoms. The summed E-state index contributed by atoms with van der Waals surface area (Å²) in [6, 6.07) is 9.53. The fraction of sp³-hybridized carbons (Fsp3) is 0.133. The Labute approximate surface area is 131 Å². The third kappa shape index (κ3) is 2.39. The predicted octanol–water partition coefficient (Wildman–Crippen LogP) is 4.06. The number of nitrogen functional groups attached to an aromatic ring is 1. The summed E-state index contributed by atoms with van der Waals surface area (Å²) in [5.74, 6) is 1.31. The summed E-state index contributed by atoms with van der Waals surface area (Å²) in [7, 11) is 3.45. The van der Waals surface area contributed by atoms with Crippen molar-refractivity contribution in [3.8, 4) is 27.4 Å². The molecule has 0 saturated carbocycles. The molecule has 0 aliphatic rings. The van der Waals surface area contributed by atoms with E-state index in [4.69, 9.17) is 22.1 Å². The average molecular weight is 320 g/mol. The number of hydrogen-bond acceptors (Lipinski definition) is 4. The van der Waals surface area contributed by atoms with E-state index in [2.05, 4.69) is 5.10 Å². The quantitative estimate of drug-likeness (QED) is 0.792. The van der Waals surface area contributed by atoms with Crippen molar-refractivity contribution in [3.63, 3.8) is 0 Å². The van der Waals surface area contributed by atoms with Crippen molar-refractivity contribution in [2.75, 3.05) is 12.8 Å². The number of methoxy groups -OCH3 is 1. The first kappa shape index (κ1) is 14.0. The Morgan fingerprint density at radius 1 is 1.33 bits per heavy atom. The smallest absolute Gasteiger partial charge is 0.130 e. The summed E-state index contributed by atoms with van der Waals surface area (Å²) >= 11 is 7.66. The molecule has 108 valence electrons. The van der Waals surface area contributed by atoms with Crippen LogP contribution in [0.1, 0.15) is 0 Å². The van der Waals surface area contributed by atoms with Gasteiger partial charge in [0.2, 0.25) is 0 Å². The van der Waals surface area contributed by atoms with Gasteiger partial charge < -0.3 is 10.5 Å². The molecule has 3 aromatic rings. The number of nitrogens with zero attached hydrogens (tertiary/aromatic N) is 2. The first-order chi connectivity index (χ1) is 10.1. The van der Waals surface area contributed by atoms with Crippen molar-refractivity contribution in [1.29, 1.82) is 0 Å². The molecular formula is C15H14ClN3OS. The molecule has 0 radical (unpaired) electrons. The van der Waals surface area contributed by atoms with Gasteiger partial charge in [-0.05, 0) is 29.6 Å². The van der Waals surface area contributed by atoms with Crippen LogP contribution in [0.4, 0.5) is 5.82 Å². The molecule has 2 N–H and O–H groups in total. The maximum absolute atomic E-state index is 6.19. The van der Waals surface area contributed by atoms with E-state index in [1.807, 2.05) is 36.7 Å². The fourth-order valence-corrected chi connectivity index (χ4v) is 3.19. The van der Waals surface area contributed by atoms with Gasteiger partial charge in [-0.2, -0.15) is 5.10 Å². The zero-order valence-corrected chi connectivity index (χ0v) is 13.2. The van der Waals surface area contributed by atoms with Gasteiger partial charge in [-0.15, -0.1) is 11.3 Å². The van der Waals surface area contributed by atoms with Crippen LogP contribution in [-0.4, -0.2) is 16.9 Å². The van der Waals surface area contributed by atoms with E-state index in [1.54, 1.807) is 29.2 Å². The maximum Gasteiger partial charge on any atom is 0.130 e. The second kappa shape index (κ2) is 5.42. The number of nitrogens with two attached hydrogens (primary N) is 1.